The van der Waals surface area contributed by atoms with Crippen molar-refractivity contribution >= 4 is 6.29 Å². The van der Waals surface area contributed by atoms with Crippen molar-refractivity contribution in [2.24, 2.45) is 23.7 Å². The summed E-state index contributed by atoms with van der Waals surface area (Å²) in [6.07, 6.45) is 17.0. The maximum Gasteiger partial charge on any atom is 0.120 e. The van der Waals surface area contributed by atoms with E-state index in [1.807, 2.05) is 0 Å². The molecule has 0 aromatic carbocycles. The third-order valence-electron chi connectivity index (χ3n) is 5.52. The Labute approximate surface area is 134 Å². The Hall–Kier alpha value is -1.35. The molecule has 0 amide bonds. The Balaban J connectivity index is 1.77. The second-order valence-electron chi connectivity index (χ2n) is 7.03. The third kappa shape index (κ3) is 3.52. The first-order valence-corrected chi connectivity index (χ1v) is 8.70. The van der Waals surface area contributed by atoms with Gasteiger partial charge in [-0.05, 0) is 62.4 Å². The van der Waals surface area contributed by atoms with Crippen molar-refractivity contribution in [2.45, 2.75) is 25.7 Å². The van der Waals surface area contributed by atoms with Gasteiger partial charge in [0.25, 0.3) is 0 Å². The van der Waals surface area contributed by atoms with E-state index in [1.54, 1.807) is 0 Å². The number of rotatable bonds is 4. The zero-order valence-electron chi connectivity index (χ0n) is 13.6. The van der Waals surface area contributed by atoms with Crippen LogP contribution in [0, 0.1) is 23.7 Å². The Kier molecular flexibility index (Phi) is 5.14. The Morgan fingerprint density at radius 1 is 1.36 bits per heavy atom. The van der Waals surface area contributed by atoms with E-state index in [4.69, 9.17) is 0 Å². The fourth-order valence-corrected chi connectivity index (χ4v) is 4.18. The van der Waals surface area contributed by atoms with E-state index in [9.17, 15) is 4.79 Å². The van der Waals surface area contributed by atoms with Crippen molar-refractivity contribution in [3.8, 4) is 0 Å². The quantitative estimate of drug-likeness (QED) is 0.810. The van der Waals surface area contributed by atoms with Gasteiger partial charge in [-0.25, -0.2) is 0 Å². The van der Waals surface area contributed by atoms with Crippen LogP contribution in [0.2, 0.25) is 0 Å². The van der Waals surface area contributed by atoms with Gasteiger partial charge in [0.2, 0.25) is 0 Å². The van der Waals surface area contributed by atoms with Crippen LogP contribution in [0.5, 0.6) is 0 Å². The van der Waals surface area contributed by atoms with E-state index in [2.05, 4.69) is 47.8 Å². The van der Waals surface area contributed by atoms with E-state index in [1.165, 1.54) is 18.4 Å². The van der Waals surface area contributed by atoms with Crippen molar-refractivity contribution in [3.05, 3.63) is 36.1 Å². The molecule has 1 aliphatic carbocycles. The first-order chi connectivity index (χ1) is 10.8. The lowest BCUT2D eigenvalue weighted by molar-refractivity contribution is -0.108. The molecule has 3 rings (SSSR count). The van der Waals surface area contributed by atoms with E-state index in [-0.39, 0.29) is 0 Å². The van der Waals surface area contributed by atoms with Crippen molar-refractivity contribution in [3.63, 3.8) is 0 Å². The number of nitrogens with zero attached hydrogens (tertiary/aromatic N) is 1. The van der Waals surface area contributed by atoms with Gasteiger partial charge in [-0.1, -0.05) is 24.3 Å². The van der Waals surface area contributed by atoms with Gasteiger partial charge in [0.05, 0.1) is 0 Å². The molecular weight excluding hydrogens is 272 g/mol. The highest BCUT2D eigenvalue weighted by Crippen LogP contribution is 2.37. The number of carbonyl (C=O) groups is 1. The number of nitrogens with one attached hydrogen (secondary N) is 1. The molecule has 3 nitrogen and oxygen atoms in total. The summed E-state index contributed by atoms with van der Waals surface area (Å²) >= 11 is 0. The number of piperidine rings is 1. The zero-order valence-corrected chi connectivity index (χ0v) is 13.6. The molecule has 4 unspecified atom stereocenters. The highest BCUT2D eigenvalue weighted by atomic mass is 16.1. The van der Waals surface area contributed by atoms with Crippen LogP contribution < -0.4 is 5.32 Å². The first kappa shape index (κ1) is 15.5. The molecule has 1 fully saturated rings. The standard InChI is InChI=1S/C19H28N2O/c1-21-11-8-16(3-2-12-22)19(14-21)18-5-4-15-6-9-20-10-7-17(15)13-18/h4-5,7,10,12-13,15-17,19-20H,2-3,6,8-9,11,14H2,1H3. The molecule has 0 aromatic heterocycles. The topological polar surface area (TPSA) is 32.3 Å². The summed E-state index contributed by atoms with van der Waals surface area (Å²) in [6.45, 7) is 3.35. The minimum atomic E-state index is 0.536. The fourth-order valence-electron chi connectivity index (χ4n) is 4.18. The largest absolute Gasteiger partial charge is 0.391 e. The molecule has 1 saturated heterocycles. The molecule has 0 aromatic rings. The fraction of sp³-hybridized carbons (Fsp3) is 0.632. The monoisotopic (exact) mass is 300 g/mol. The summed E-state index contributed by atoms with van der Waals surface area (Å²) in [4.78, 5) is 13.2. The second kappa shape index (κ2) is 7.28. The molecule has 0 radical (unpaired) electrons. The molecule has 0 spiro atoms. The van der Waals surface area contributed by atoms with Gasteiger partial charge in [-0.3, -0.25) is 0 Å². The highest BCUT2D eigenvalue weighted by Gasteiger charge is 2.31. The summed E-state index contributed by atoms with van der Waals surface area (Å²) in [7, 11) is 2.22. The molecular formula is C19H28N2O. The molecule has 1 N–H and O–H groups in total. The molecule has 22 heavy (non-hydrogen) atoms. The number of hydrogen-bond donors (Lipinski definition) is 1. The summed E-state index contributed by atoms with van der Waals surface area (Å²) in [5, 5.41) is 3.35. The molecule has 4 atom stereocenters. The van der Waals surface area contributed by atoms with Gasteiger partial charge in [0, 0.05) is 25.4 Å². The van der Waals surface area contributed by atoms with Crippen LogP contribution in [0.15, 0.2) is 36.1 Å². The van der Waals surface area contributed by atoms with Crippen molar-refractivity contribution < 1.29 is 4.79 Å². The van der Waals surface area contributed by atoms with E-state index >= 15 is 0 Å². The SMILES string of the molecule is CN1CCC(CCC=O)C(C2=CC3C=CNCCC3C=C2)C1. The van der Waals surface area contributed by atoms with Gasteiger partial charge in [-0.15, -0.1) is 0 Å². The number of hydrogen-bond acceptors (Lipinski definition) is 3. The maximum atomic E-state index is 10.8. The number of likely N-dealkylation sites (tertiary alicyclic amines) is 1. The van der Waals surface area contributed by atoms with Crippen LogP contribution in [-0.4, -0.2) is 37.9 Å². The van der Waals surface area contributed by atoms with Crippen LogP contribution in [0.3, 0.4) is 0 Å². The average molecular weight is 300 g/mol. The molecule has 3 heteroatoms. The van der Waals surface area contributed by atoms with Gasteiger partial charge in [-0.2, -0.15) is 0 Å². The average Bonchev–Trinajstić information content (AvgIpc) is 2.78. The van der Waals surface area contributed by atoms with E-state index in [0.29, 0.717) is 30.1 Å². The second-order valence-corrected chi connectivity index (χ2v) is 7.03. The summed E-state index contributed by atoms with van der Waals surface area (Å²) in [5.41, 5.74) is 1.50. The predicted octanol–water partition coefficient (Wildman–Crippen LogP) is 2.77. The van der Waals surface area contributed by atoms with Crippen LogP contribution in [0.1, 0.15) is 25.7 Å². The summed E-state index contributed by atoms with van der Waals surface area (Å²) < 4.78 is 0. The molecule has 120 valence electrons. The Morgan fingerprint density at radius 3 is 3.14 bits per heavy atom. The molecule has 2 heterocycles. The minimum absolute atomic E-state index is 0.536. The molecule has 2 aliphatic heterocycles. The first-order valence-electron chi connectivity index (χ1n) is 8.70. The molecule has 3 aliphatic rings. The number of aldehydes is 1. The Morgan fingerprint density at radius 2 is 2.27 bits per heavy atom. The number of carbonyl (C=O) groups excluding carboxylic acids is 1. The lowest BCUT2D eigenvalue weighted by Crippen LogP contribution is -2.39. The van der Waals surface area contributed by atoms with Gasteiger partial charge in [0.15, 0.2) is 0 Å². The van der Waals surface area contributed by atoms with Gasteiger partial charge < -0.3 is 15.0 Å². The van der Waals surface area contributed by atoms with Crippen LogP contribution >= 0.6 is 0 Å². The van der Waals surface area contributed by atoms with Gasteiger partial charge >= 0.3 is 0 Å². The van der Waals surface area contributed by atoms with Crippen molar-refractivity contribution in [1.29, 1.82) is 0 Å². The number of allylic oxidation sites excluding steroid dienone is 4. The minimum Gasteiger partial charge on any atom is -0.391 e. The summed E-state index contributed by atoms with van der Waals surface area (Å²) in [5.74, 6) is 2.42. The van der Waals surface area contributed by atoms with E-state index in [0.717, 1.165) is 32.3 Å². The Bertz CT molecular complexity index is 480. The molecule has 0 bridgehead atoms. The summed E-state index contributed by atoms with van der Waals surface area (Å²) in [6, 6.07) is 0. The lowest BCUT2D eigenvalue weighted by Gasteiger charge is -2.39. The van der Waals surface area contributed by atoms with Crippen LogP contribution in [0.4, 0.5) is 0 Å². The van der Waals surface area contributed by atoms with Crippen LogP contribution in [0.25, 0.3) is 0 Å². The highest BCUT2D eigenvalue weighted by molar-refractivity contribution is 5.49. The van der Waals surface area contributed by atoms with Crippen molar-refractivity contribution in [2.75, 3.05) is 26.7 Å². The van der Waals surface area contributed by atoms with Crippen molar-refractivity contribution in [1.82, 2.24) is 10.2 Å². The normalized spacial score (nSPS) is 35.2. The maximum absolute atomic E-state index is 10.8. The predicted molar refractivity (Wildman–Crippen MR) is 90.4 cm³/mol. The third-order valence-corrected chi connectivity index (χ3v) is 5.52. The van der Waals surface area contributed by atoms with Crippen LogP contribution in [-0.2, 0) is 4.79 Å². The molecule has 0 saturated carbocycles. The zero-order chi connectivity index (χ0) is 15.4. The van der Waals surface area contributed by atoms with Gasteiger partial charge in [0.1, 0.15) is 6.29 Å². The van der Waals surface area contributed by atoms with E-state index < -0.39 is 0 Å². The number of fused-ring (bicyclic) bond motifs is 1. The smallest absolute Gasteiger partial charge is 0.120 e. The lowest BCUT2D eigenvalue weighted by atomic mass is 9.74.